The summed E-state index contributed by atoms with van der Waals surface area (Å²) in [4.78, 5) is 0. The van der Waals surface area contributed by atoms with E-state index in [4.69, 9.17) is 10.5 Å². The first kappa shape index (κ1) is 12.2. The van der Waals surface area contributed by atoms with Gasteiger partial charge in [0, 0.05) is 0 Å². The molecule has 0 bridgehead atoms. The molecule has 1 aromatic carbocycles. The molecule has 2 heteroatoms. The second-order valence-electron chi connectivity index (χ2n) is 5.51. The molecule has 0 heterocycles. The maximum Gasteiger partial charge on any atom is 0.120 e. The van der Waals surface area contributed by atoms with Crippen LogP contribution >= 0.6 is 0 Å². The van der Waals surface area contributed by atoms with Gasteiger partial charge in [-0.05, 0) is 69.0 Å². The Hall–Kier alpha value is -1.28. The van der Waals surface area contributed by atoms with E-state index in [0.717, 1.165) is 18.6 Å². The van der Waals surface area contributed by atoms with Crippen molar-refractivity contribution in [3.8, 4) is 5.75 Å². The zero-order chi connectivity index (χ0) is 12.5. The highest BCUT2D eigenvalue weighted by molar-refractivity contribution is 5.74. The first-order chi connectivity index (χ1) is 7.99. The third-order valence-corrected chi connectivity index (χ3v) is 2.83. The fourth-order valence-corrected chi connectivity index (χ4v) is 2.18. The Labute approximate surface area is 103 Å². The standard InChI is InChI=1S/C15H21NO/c1-15(2,3)17-13-7-6-11-4-5-12(8-9-16)14(11)10-13/h5-7,10H,4,8-9,16H2,1-3H3. The summed E-state index contributed by atoms with van der Waals surface area (Å²) in [5.74, 6) is 0.945. The summed E-state index contributed by atoms with van der Waals surface area (Å²) >= 11 is 0. The summed E-state index contributed by atoms with van der Waals surface area (Å²) in [7, 11) is 0. The molecule has 0 amide bonds. The zero-order valence-electron chi connectivity index (χ0n) is 10.9. The lowest BCUT2D eigenvalue weighted by Gasteiger charge is -2.22. The van der Waals surface area contributed by atoms with Gasteiger partial charge < -0.3 is 10.5 Å². The molecule has 0 fully saturated rings. The van der Waals surface area contributed by atoms with Gasteiger partial charge in [0.25, 0.3) is 0 Å². The second-order valence-corrected chi connectivity index (χ2v) is 5.51. The molecule has 0 saturated heterocycles. The van der Waals surface area contributed by atoms with E-state index in [2.05, 4.69) is 45.0 Å². The smallest absolute Gasteiger partial charge is 0.120 e. The zero-order valence-corrected chi connectivity index (χ0v) is 10.9. The van der Waals surface area contributed by atoms with Crippen LogP contribution in [-0.4, -0.2) is 12.1 Å². The molecule has 0 radical (unpaired) electrons. The normalized spacial score (nSPS) is 14.5. The van der Waals surface area contributed by atoms with E-state index in [1.807, 2.05) is 0 Å². The fourth-order valence-electron chi connectivity index (χ4n) is 2.18. The van der Waals surface area contributed by atoms with Crippen molar-refractivity contribution in [3.63, 3.8) is 0 Å². The highest BCUT2D eigenvalue weighted by atomic mass is 16.5. The maximum atomic E-state index is 5.89. The highest BCUT2D eigenvalue weighted by Gasteiger charge is 2.17. The quantitative estimate of drug-likeness (QED) is 0.867. The Morgan fingerprint density at radius 3 is 2.71 bits per heavy atom. The molecular weight excluding hydrogens is 210 g/mol. The van der Waals surface area contributed by atoms with Crippen molar-refractivity contribution in [2.45, 2.75) is 39.2 Å². The van der Waals surface area contributed by atoms with Gasteiger partial charge in [0.05, 0.1) is 0 Å². The van der Waals surface area contributed by atoms with Crippen molar-refractivity contribution in [1.29, 1.82) is 0 Å². The highest BCUT2D eigenvalue weighted by Crippen LogP contribution is 2.33. The Balaban J connectivity index is 2.24. The fraction of sp³-hybridized carbons (Fsp3) is 0.467. The Morgan fingerprint density at radius 2 is 2.06 bits per heavy atom. The van der Waals surface area contributed by atoms with Crippen LogP contribution in [0.25, 0.3) is 5.57 Å². The summed E-state index contributed by atoms with van der Waals surface area (Å²) in [6, 6.07) is 6.37. The van der Waals surface area contributed by atoms with Gasteiger partial charge in [-0.2, -0.15) is 0 Å². The largest absolute Gasteiger partial charge is 0.488 e. The van der Waals surface area contributed by atoms with Crippen LogP contribution in [0, 0.1) is 0 Å². The molecule has 2 nitrogen and oxygen atoms in total. The number of ether oxygens (including phenoxy) is 1. The van der Waals surface area contributed by atoms with Crippen molar-refractivity contribution in [3.05, 3.63) is 35.4 Å². The number of allylic oxidation sites excluding steroid dienone is 1. The first-order valence-electron chi connectivity index (χ1n) is 6.21. The van der Waals surface area contributed by atoms with Crippen LogP contribution in [0.15, 0.2) is 24.3 Å². The van der Waals surface area contributed by atoms with Crippen LogP contribution in [0.3, 0.4) is 0 Å². The molecule has 1 aromatic rings. The first-order valence-corrected chi connectivity index (χ1v) is 6.21. The van der Waals surface area contributed by atoms with Crippen molar-refractivity contribution in [2.24, 2.45) is 5.73 Å². The van der Waals surface area contributed by atoms with E-state index in [9.17, 15) is 0 Å². The minimum Gasteiger partial charge on any atom is -0.488 e. The SMILES string of the molecule is CC(C)(C)Oc1ccc2c(c1)C(CCN)=CC2. The van der Waals surface area contributed by atoms with E-state index in [0.29, 0.717) is 6.54 Å². The third-order valence-electron chi connectivity index (χ3n) is 2.83. The van der Waals surface area contributed by atoms with Gasteiger partial charge in [-0.25, -0.2) is 0 Å². The molecule has 0 atom stereocenters. The predicted octanol–water partition coefficient (Wildman–Crippen LogP) is 3.15. The van der Waals surface area contributed by atoms with Crippen molar-refractivity contribution >= 4 is 5.57 Å². The lowest BCUT2D eigenvalue weighted by molar-refractivity contribution is 0.131. The molecule has 0 saturated carbocycles. The van der Waals surface area contributed by atoms with Gasteiger partial charge in [-0.3, -0.25) is 0 Å². The molecule has 2 rings (SSSR count). The van der Waals surface area contributed by atoms with Gasteiger partial charge in [0.1, 0.15) is 11.4 Å². The summed E-state index contributed by atoms with van der Waals surface area (Å²) in [5, 5.41) is 0. The summed E-state index contributed by atoms with van der Waals surface area (Å²) in [6.07, 6.45) is 4.25. The van der Waals surface area contributed by atoms with Gasteiger partial charge in [-0.15, -0.1) is 0 Å². The van der Waals surface area contributed by atoms with E-state index >= 15 is 0 Å². The van der Waals surface area contributed by atoms with Crippen LogP contribution < -0.4 is 10.5 Å². The average molecular weight is 231 g/mol. The minimum atomic E-state index is -0.148. The van der Waals surface area contributed by atoms with Gasteiger partial charge in [-0.1, -0.05) is 12.1 Å². The number of rotatable bonds is 3. The van der Waals surface area contributed by atoms with E-state index in [1.54, 1.807) is 0 Å². The van der Waals surface area contributed by atoms with Crippen LogP contribution in [0.4, 0.5) is 0 Å². The van der Waals surface area contributed by atoms with Crippen molar-refractivity contribution in [1.82, 2.24) is 0 Å². The maximum absolute atomic E-state index is 5.89. The van der Waals surface area contributed by atoms with Crippen molar-refractivity contribution in [2.75, 3.05) is 6.54 Å². The monoisotopic (exact) mass is 231 g/mol. The van der Waals surface area contributed by atoms with Crippen LogP contribution in [0.1, 0.15) is 38.3 Å². The van der Waals surface area contributed by atoms with Gasteiger partial charge in [0.15, 0.2) is 0 Å². The summed E-state index contributed by atoms with van der Waals surface area (Å²) < 4.78 is 5.89. The second kappa shape index (κ2) is 4.53. The molecule has 0 unspecified atom stereocenters. The molecule has 17 heavy (non-hydrogen) atoms. The van der Waals surface area contributed by atoms with Gasteiger partial charge >= 0.3 is 0 Å². The Kier molecular flexibility index (Phi) is 3.25. The third kappa shape index (κ3) is 2.89. The average Bonchev–Trinajstić information content (AvgIpc) is 2.59. The van der Waals surface area contributed by atoms with Crippen LogP contribution in [0.5, 0.6) is 5.75 Å². The number of hydrogen-bond acceptors (Lipinski definition) is 2. The summed E-state index contributed by atoms with van der Waals surface area (Å²) in [5.41, 5.74) is 9.55. The minimum absolute atomic E-state index is 0.148. The number of hydrogen-bond donors (Lipinski definition) is 1. The lowest BCUT2D eigenvalue weighted by Crippen LogP contribution is -2.23. The van der Waals surface area contributed by atoms with Crippen LogP contribution in [-0.2, 0) is 6.42 Å². The molecule has 0 aromatic heterocycles. The predicted molar refractivity (Wildman–Crippen MR) is 72.2 cm³/mol. The molecule has 2 N–H and O–H groups in total. The Morgan fingerprint density at radius 1 is 1.29 bits per heavy atom. The van der Waals surface area contributed by atoms with E-state index in [1.165, 1.54) is 16.7 Å². The summed E-state index contributed by atoms with van der Waals surface area (Å²) in [6.45, 7) is 6.90. The molecule has 0 spiro atoms. The molecule has 92 valence electrons. The molecule has 1 aliphatic carbocycles. The molecule has 1 aliphatic rings. The van der Waals surface area contributed by atoms with E-state index < -0.39 is 0 Å². The molecule has 0 aliphatic heterocycles. The van der Waals surface area contributed by atoms with Gasteiger partial charge in [0.2, 0.25) is 0 Å². The number of nitrogens with two attached hydrogens (primary N) is 1. The topological polar surface area (TPSA) is 35.2 Å². The Bertz CT molecular complexity index is 441. The molecular formula is C15H21NO. The van der Waals surface area contributed by atoms with Crippen molar-refractivity contribution < 1.29 is 4.74 Å². The van der Waals surface area contributed by atoms with Crippen LogP contribution in [0.2, 0.25) is 0 Å². The van der Waals surface area contributed by atoms with E-state index in [-0.39, 0.29) is 5.60 Å². The lowest BCUT2D eigenvalue weighted by atomic mass is 10.0. The number of fused-ring (bicyclic) bond motifs is 1. The number of benzene rings is 1.